The molecular weight excluding hydrogens is 700 g/mol. The Hall–Kier alpha value is -5.54. The number of phenols is 1. The molecule has 0 aromatic heterocycles. The Kier molecular flexibility index (Phi) is 19.8. The van der Waals surface area contributed by atoms with Gasteiger partial charge in [-0.3, -0.25) is 33.8 Å². The number of aliphatic imine (C=N–C) groups is 1. The van der Waals surface area contributed by atoms with Gasteiger partial charge in [-0.25, -0.2) is 4.79 Å². The Labute approximate surface area is 305 Å². The summed E-state index contributed by atoms with van der Waals surface area (Å²) in [5.41, 5.74) is 22.0. The molecule has 21 heteroatoms. The molecule has 17 N–H and O–H groups in total. The Balaban J connectivity index is 3.13. The molecule has 6 amide bonds. The third-order valence-electron chi connectivity index (χ3n) is 8.03. The molecule has 0 fully saturated rings. The number of amides is 6. The van der Waals surface area contributed by atoms with Crippen molar-refractivity contribution in [3.8, 4) is 5.75 Å². The molecule has 7 atom stereocenters. The molecular formula is C32H52N10O11. The number of carbonyl (C=O) groups excluding carboxylic acids is 6. The number of aliphatic hydroxyl groups excluding tert-OH is 2. The van der Waals surface area contributed by atoms with E-state index in [9.17, 15) is 54.0 Å². The van der Waals surface area contributed by atoms with Crippen LogP contribution in [0.2, 0.25) is 0 Å². The van der Waals surface area contributed by atoms with E-state index in [-0.39, 0.29) is 50.4 Å². The monoisotopic (exact) mass is 752 g/mol. The maximum absolute atomic E-state index is 13.4. The van der Waals surface area contributed by atoms with Crippen molar-refractivity contribution in [2.75, 3.05) is 19.8 Å². The second-order valence-corrected chi connectivity index (χ2v) is 12.3. The quantitative estimate of drug-likeness (QED) is 0.0268. The summed E-state index contributed by atoms with van der Waals surface area (Å²) < 4.78 is 0. The number of hydrogen-bond donors (Lipinski definition) is 13. The van der Waals surface area contributed by atoms with Crippen LogP contribution in [0.4, 0.5) is 0 Å². The zero-order chi connectivity index (χ0) is 40.2. The molecule has 0 saturated carbocycles. The van der Waals surface area contributed by atoms with E-state index in [0.29, 0.717) is 12.0 Å². The predicted octanol–water partition coefficient (Wildman–Crippen LogP) is -4.88. The minimum Gasteiger partial charge on any atom is -0.508 e. The fourth-order valence-electron chi connectivity index (χ4n) is 4.70. The zero-order valence-electron chi connectivity index (χ0n) is 29.6. The number of benzene rings is 1. The maximum atomic E-state index is 13.4. The highest BCUT2D eigenvalue weighted by molar-refractivity contribution is 5.96. The molecule has 1 rings (SSSR count). The molecule has 0 aliphatic heterocycles. The molecule has 296 valence electrons. The minimum atomic E-state index is -1.66. The number of aliphatic carboxylic acids is 1. The highest BCUT2D eigenvalue weighted by Crippen LogP contribution is 2.13. The van der Waals surface area contributed by atoms with Crippen molar-refractivity contribution in [1.82, 2.24) is 26.6 Å². The fraction of sp³-hybridized carbons (Fsp3) is 0.562. The van der Waals surface area contributed by atoms with Gasteiger partial charge in [-0.2, -0.15) is 0 Å². The number of hydrogen-bond acceptors (Lipinski definition) is 12. The summed E-state index contributed by atoms with van der Waals surface area (Å²) in [7, 11) is 0. The predicted molar refractivity (Wildman–Crippen MR) is 189 cm³/mol. The molecule has 1 aromatic carbocycles. The van der Waals surface area contributed by atoms with E-state index in [1.807, 2.05) is 0 Å². The zero-order valence-corrected chi connectivity index (χ0v) is 29.6. The Morgan fingerprint density at radius 1 is 0.736 bits per heavy atom. The van der Waals surface area contributed by atoms with Crippen molar-refractivity contribution in [3.63, 3.8) is 0 Å². The van der Waals surface area contributed by atoms with Crippen molar-refractivity contribution in [1.29, 1.82) is 0 Å². The highest BCUT2D eigenvalue weighted by atomic mass is 16.4. The largest absolute Gasteiger partial charge is 0.508 e. The van der Waals surface area contributed by atoms with Gasteiger partial charge in [0.05, 0.1) is 19.3 Å². The number of nitrogens with zero attached hydrogens (tertiary/aromatic N) is 1. The van der Waals surface area contributed by atoms with Crippen molar-refractivity contribution in [2.24, 2.45) is 33.8 Å². The molecule has 1 aromatic rings. The van der Waals surface area contributed by atoms with Gasteiger partial charge in [-0.05, 0) is 42.9 Å². The molecule has 0 aliphatic carbocycles. The topological polar surface area (TPSA) is 377 Å². The molecule has 0 saturated heterocycles. The summed E-state index contributed by atoms with van der Waals surface area (Å²) in [5.74, 6) is -7.66. The second kappa shape index (κ2) is 23.1. The van der Waals surface area contributed by atoms with Gasteiger partial charge in [0.15, 0.2) is 5.96 Å². The fourth-order valence-corrected chi connectivity index (χ4v) is 4.70. The molecule has 0 bridgehead atoms. The van der Waals surface area contributed by atoms with E-state index in [4.69, 9.17) is 22.9 Å². The van der Waals surface area contributed by atoms with E-state index in [2.05, 4.69) is 31.6 Å². The number of phenolic OH excluding ortho intramolecular Hbond substituents is 1. The number of aliphatic hydroxyl groups is 2. The number of primary amides is 1. The van der Waals surface area contributed by atoms with Gasteiger partial charge < -0.3 is 69.9 Å². The summed E-state index contributed by atoms with van der Waals surface area (Å²) >= 11 is 0. The first kappa shape index (κ1) is 45.5. The lowest BCUT2D eigenvalue weighted by molar-refractivity contribution is -0.142. The van der Waals surface area contributed by atoms with Crippen LogP contribution in [-0.2, 0) is 40.0 Å². The lowest BCUT2D eigenvalue weighted by atomic mass is 9.97. The minimum absolute atomic E-state index is 0.0445. The van der Waals surface area contributed by atoms with Gasteiger partial charge in [-0.15, -0.1) is 0 Å². The molecule has 53 heavy (non-hydrogen) atoms. The highest BCUT2D eigenvalue weighted by Gasteiger charge is 2.34. The first-order valence-electron chi connectivity index (χ1n) is 16.8. The lowest BCUT2D eigenvalue weighted by Crippen LogP contribution is -2.61. The summed E-state index contributed by atoms with van der Waals surface area (Å²) in [6.07, 6.45) is -0.122. The van der Waals surface area contributed by atoms with E-state index < -0.39 is 96.8 Å². The van der Waals surface area contributed by atoms with Crippen LogP contribution in [0, 0.1) is 5.92 Å². The van der Waals surface area contributed by atoms with Crippen LogP contribution >= 0.6 is 0 Å². The number of rotatable bonds is 24. The first-order valence-corrected chi connectivity index (χ1v) is 16.8. The summed E-state index contributed by atoms with van der Waals surface area (Å²) in [6, 6.07) is -3.00. The number of carboxylic acids is 1. The summed E-state index contributed by atoms with van der Waals surface area (Å²) in [6.45, 7) is 1.49. The van der Waals surface area contributed by atoms with Gasteiger partial charge in [0.25, 0.3) is 0 Å². The molecule has 21 nitrogen and oxygen atoms in total. The van der Waals surface area contributed by atoms with Crippen LogP contribution in [0.1, 0.15) is 51.5 Å². The van der Waals surface area contributed by atoms with Gasteiger partial charge in [-0.1, -0.05) is 32.4 Å². The van der Waals surface area contributed by atoms with Crippen LogP contribution in [-0.4, -0.2) is 124 Å². The van der Waals surface area contributed by atoms with Crippen molar-refractivity contribution < 1.29 is 54.0 Å². The number of nitrogens with one attached hydrogen (secondary N) is 5. The van der Waals surface area contributed by atoms with Gasteiger partial charge in [0, 0.05) is 19.4 Å². The molecule has 0 spiro atoms. The summed E-state index contributed by atoms with van der Waals surface area (Å²) in [5, 5.41) is 50.9. The number of carbonyl (C=O) groups is 7. The maximum Gasteiger partial charge on any atom is 0.326 e. The van der Waals surface area contributed by atoms with Crippen LogP contribution in [0.15, 0.2) is 29.3 Å². The average molecular weight is 753 g/mol. The van der Waals surface area contributed by atoms with Gasteiger partial charge in [0.2, 0.25) is 35.4 Å². The Morgan fingerprint density at radius 2 is 1.25 bits per heavy atom. The van der Waals surface area contributed by atoms with E-state index >= 15 is 0 Å². The smallest absolute Gasteiger partial charge is 0.326 e. The Morgan fingerprint density at radius 3 is 1.75 bits per heavy atom. The third-order valence-corrected chi connectivity index (χ3v) is 8.03. The van der Waals surface area contributed by atoms with Crippen LogP contribution in [0.3, 0.4) is 0 Å². The first-order chi connectivity index (χ1) is 24.9. The standard InChI is InChI=1S/C32H52N10O11/c1-3-16(2)25(42-29(50)23(15-44)40-26(47)19(33)10-11-24(34)46)30(51)41-22(14-43)28(49)38-20(5-4-12-37-32(35)36)27(48)39-21(31(52)53)13-17-6-8-18(45)9-7-17/h6-9,16,19-23,25,43-45H,3-5,10-15,33H2,1-2H3,(H2,34,46)(H,38,49)(H,39,48)(H,40,47)(H,41,51)(H,42,50)(H,52,53)(H4,35,36,37)/t16-,19-,20-,21-,22-,23-,25-/m0/s1. The molecule has 0 unspecified atom stereocenters. The summed E-state index contributed by atoms with van der Waals surface area (Å²) in [4.78, 5) is 92.4. The normalized spacial score (nSPS) is 14.8. The molecule has 0 aliphatic rings. The van der Waals surface area contributed by atoms with E-state index in [0.717, 1.165) is 0 Å². The van der Waals surface area contributed by atoms with E-state index in [1.165, 1.54) is 24.3 Å². The number of nitrogens with two attached hydrogens (primary N) is 4. The number of carboxylic acid groups (broad SMARTS) is 1. The molecule has 0 heterocycles. The van der Waals surface area contributed by atoms with Crippen molar-refractivity contribution >= 4 is 47.4 Å². The molecule has 0 radical (unpaired) electrons. The Bertz CT molecular complexity index is 1440. The van der Waals surface area contributed by atoms with Crippen LogP contribution < -0.4 is 49.5 Å². The van der Waals surface area contributed by atoms with Gasteiger partial charge >= 0.3 is 5.97 Å². The number of aromatic hydroxyl groups is 1. The van der Waals surface area contributed by atoms with Crippen LogP contribution in [0.5, 0.6) is 5.75 Å². The SMILES string of the molecule is CC[C@H](C)[C@H](NC(=O)[C@H](CO)NC(=O)[C@@H](N)CCC(N)=O)C(=O)N[C@@H](CO)C(=O)N[C@@H](CCCN=C(N)N)C(=O)N[C@@H](Cc1ccc(O)cc1)C(=O)O. The van der Waals surface area contributed by atoms with Crippen molar-refractivity contribution in [2.45, 2.75) is 88.6 Å². The average Bonchev–Trinajstić information content (AvgIpc) is 3.11. The van der Waals surface area contributed by atoms with Crippen molar-refractivity contribution in [3.05, 3.63) is 29.8 Å². The van der Waals surface area contributed by atoms with Gasteiger partial charge in [0.1, 0.15) is 36.0 Å². The lowest BCUT2D eigenvalue weighted by Gasteiger charge is -2.28. The van der Waals surface area contributed by atoms with E-state index in [1.54, 1.807) is 13.8 Å². The third kappa shape index (κ3) is 16.6. The van der Waals surface area contributed by atoms with Crippen LogP contribution in [0.25, 0.3) is 0 Å². The number of guanidine groups is 1. The second-order valence-electron chi connectivity index (χ2n) is 12.3.